The standard InChI is InChI=1S/C39H69N7O9/c1-19(2)14-27-34(49)41-25(12)39(54)55-26(13)32(46-31(47)18-23(9)10)38(53)40-24(11)33(48)42-28(15-20(3)4)35(50)44-30(17-22(7)8)37(52)45-29(16-21(5)6)36(51)43-27/h19-30,32H,14-18H2,1-13H3,(H,40,53)(H,41,49)(H,42,48)(H,43,51)(H,44,50)(H,45,52)(H,46,47). The van der Waals surface area contributed by atoms with Gasteiger partial charge in [-0.15, -0.1) is 0 Å². The van der Waals surface area contributed by atoms with Crippen molar-refractivity contribution in [3.05, 3.63) is 0 Å². The van der Waals surface area contributed by atoms with Crippen LogP contribution in [0.25, 0.3) is 0 Å². The number of hydrogen-bond acceptors (Lipinski definition) is 9. The molecule has 8 unspecified atom stereocenters. The second kappa shape index (κ2) is 23.0. The van der Waals surface area contributed by atoms with Crippen LogP contribution in [-0.4, -0.2) is 95.7 Å². The van der Waals surface area contributed by atoms with Crippen LogP contribution in [0, 0.1) is 29.6 Å². The minimum atomic E-state index is -1.43. The normalized spacial score (nSPS) is 27.3. The molecule has 7 amide bonds. The van der Waals surface area contributed by atoms with E-state index in [1.54, 1.807) is 0 Å². The van der Waals surface area contributed by atoms with E-state index < -0.39 is 95.7 Å². The van der Waals surface area contributed by atoms with Crippen molar-refractivity contribution in [3.8, 4) is 0 Å². The Balaban J connectivity index is 3.76. The van der Waals surface area contributed by atoms with Gasteiger partial charge in [-0.1, -0.05) is 69.2 Å². The van der Waals surface area contributed by atoms with E-state index in [0.717, 1.165) is 0 Å². The van der Waals surface area contributed by atoms with E-state index in [4.69, 9.17) is 4.74 Å². The zero-order valence-corrected chi connectivity index (χ0v) is 35.2. The third kappa shape index (κ3) is 17.8. The lowest BCUT2D eigenvalue weighted by Crippen LogP contribution is -2.61. The molecule has 314 valence electrons. The lowest BCUT2D eigenvalue weighted by Gasteiger charge is -2.30. The smallest absolute Gasteiger partial charge is 0.328 e. The summed E-state index contributed by atoms with van der Waals surface area (Å²) < 4.78 is 5.58. The van der Waals surface area contributed by atoms with Crippen molar-refractivity contribution in [1.29, 1.82) is 0 Å². The van der Waals surface area contributed by atoms with E-state index in [9.17, 15) is 38.4 Å². The van der Waals surface area contributed by atoms with Gasteiger partial charge in [0.05, 0.1) is 0 Å². The van der Waals surface area contributed by atoms with Gasteiger partial charge in [0.2, 0.25) is 41.4 Å². The first-order valence-electron chi connectivity index (χ1n) is 19.7. The van der Waals surface area contributed by atoms with E-state index in [2.05, 4.69) is 37.2 Å². The fourth-order valence-corrected chi connectivity index (χ4v) is 6.02. The molecule has 1 rings (SSSR count). The molecular weight excluding hydrogens is 710 g/mol. The predicted molar refractivity (Wildman–Crippen MR) is 208 cm³/mol. The van der Waals surface area contributed by atoms with Crippen LogP contribution in [0.15, 0.2) is 0 Å². The molecule has 0 aromatic heterocycles. The van der Waals surface area contributed by atoms with Gasteiger partial charge in [-0.3, -0.25) is 33.6 Å². The summed E-state index contributed by atoms with van der Waals surface area (Å²) in [7, 11) is 0. The van der Waals surface area contributed by atoms with Crippen LogP contribution >= 0.6 is 0 Å². The number of nitrogens with one attached hydrogen (secondary N) is 7. The molecule has 16 heteroatoms. The highest BCUT2D eigenvalue weighted by molar-refractivity contribution is 5.97. The Hall–Kier alpha value is -4.24. The molecule has 0 saturated carbocycles. The summed E-state index contributed by atoms with van der Waals surface area (Å²) in [6.07, 6.45) is -0.339. The van der Waals surface area contributed by atoms with E-state index in [1.807, 2.05) is 69.2 Å². The van der Waals surface area contributed by atoms with Crippen molar-refractivity contribution in [2.75, 3.05) is 0 Å². The summed E-state index contributed by atoms with van der Waals surface area (Å²) in [6.45, 7) is 22.8. The second-order valence-electron chi connectivity index (χ2n) is 17.0. The molecule has 1 aliphatic heterocycles. The first-order chi connectivity index (χ1) is 25.4. The monoisotopic (exact) mass is 780 g/mol. The molecule has 1 heterocycles. The number of esters is 1. The Morgan fingerprint density at radius 1 is 0.491 bits per heavy atom. The van der Waals surface area contributed by atoms with Crippen LogP contribution in [0.4, 0.5) is 0 Å². The van der Waals surface area contributed by atoms with Crippen molar-refractivity contribution in [2.24, 2.45) is 29.6 Å². The van der Waals surface area contributed by atoms with Gasteiger partial charge in [-0.25, -0.2) is 4.79 Å². The minimum absolute atomic E-state index is 0.0472. The van der Waals surface area contributed by atoms with E-state index in [-0.39, 0.29) is 61.7 Å². The molecule has 0 radical (unpaired) electrons. The molecule has 16 nitrogen and oxygen atoms in total. The number of hydrogen-bond donors (Lipinski definition) is 7. The fraction of sp³-hybridized carbons (Fsp3) is 0.795. The van der Waals surface area contributed by atoms with E-state index in [0.29, 0.717) is 0 Å². The lowest BCUT2D eigenvalue weighted by molar-refractivity contribution is -0.155. The predicted octanol–water partition coefficient (Wildman–Crippen LogP) is 1.60. The number of carbonyl (C=O) groups is 8. The van der Waals surface area contributed by atoms with Crippen LogP contribution in [0.3, 0.4) is 0 Å². The topological polar surface area (TPSA) is 230 Å². The maximum atomic E-state index is 13.9. The molecule has 0 aromatic carbocycles. The Bertz CT molecular complexity index is 1350. The highest BCUT2D eigenvalue weighted by Gasteiger charge is 2.36. The summed E-state index contributed by atoms with van der Waals surface area (Å²) in [5.41, 5.74) is 0. The van der Waals surface area contributed by atoms with Crippen LogP contribution in [0.1, 0.15) is 122 Å². The van der Waals surface area contributed by atoms with E-state index in [1.165, 1.54) is 20.8 Å². The lowest BCUT2D eigenvalue weighted by atomic mass is 9.98. The van der Waals surface area contributed by atoms with Crippen LogP contribution in [0.5, 0.6) is 0 Å². The second-order valence-corrected chi connectivity index (χ2v) is 17.0. The third-order valence-corrected chi connectivity index (χ3v) is 8.79. The van der Waals surface area contributed by atoms with Gasteiger partial charge in [0.25, 0.3) is 0 Å². The highest BCUT2D eigenvalue weighted by atomic mass is 16.5. The Labute approximate surface area is 327 Å². The minimum Gasteiger partial charge on any atom is -0.458 e. The number of amides is 7. The fourth-order valence-electron chi connectivity index (χ4n) is 6.02. The summed E-state index contributed by atoms with van der Waals surface area (Å²) in [4.78, 5) is 108. The molecule has 55 heavy (non-hydrogen) atoms. The molecule has 0 aliphatic carbocycles. The van der Waals surface area contributed by atoms with Gasteiger partial charge >= 0.3 is 5.97 Å². The molecule has 0 aromatic rings. The number of cyclic esters (lactones) is 1. The summed E-state index contributed by atoms with van der Waals surface area (Å²) in [5, 5.41) is 18.8. The van der Waals surface area contributed by atoms with Gasteiger partial charge in [-0.2, -0.15) is 0 Å². The van der Waals surface area contributed by atoms with Crippen LogP contribution < -0.4 is 37.2 Å². The van der Waals surface area contributed by atoms with Crippen molar-refractivity contribution in [1.82, 2.24) is 37.2 Å². The Morgan fingerprint density at radius 2 is 0.818 bits per heavy atom. The zero-order valence-electron chi connectivity index (χ0n) is 35.2. The van der Waals surface area contributed by atoms with Gasteiger partial charge in [-0.05, 0) is 76.0 Å². The van der Waals surface area contributed by atoms with Crippen LogP contribution in [-0.2, 0) is 43.1 Å². The maximum Gasteiger partial charge on any atom is 0.328 e. The molecule has 1 saturated heterocycles. The molecule has 1 aliphatic rings. The molecule has 0 bridgehead atoms. The number of rotatable bonds is 11. The molecule has 8 atom stereocenters. The highest BCUT2D eigenvalue weighted by Crippen LogP contribution is 2.14. The Kier molecular flexibility index (Phi) is 20.4. The average molecular weight is 780 g/mol. The van der Waals surface area contributed by atoms with Gasteiger partial charge in [0, 0.05) is 6.42 Å². The molecule has 0 spiro atoms. The Morgan fingerprint density at radius 3 is 1.16 bits per heavy atom. The SMILES string of the molecule is CC(C)CC(=O)NC1C(=O)NC(C)C(=O)NC(CC(C)C)C(=O)NC(CC(C)C)C(=O)NC(CC(C)C)C(=O)NC(CC(C)C)C(=O)NC(C)C(=O)OC1C. The zero-order chi connectivity index (χ0) is 42.3. The first kappa shape index (κ1) is 48.8. The van der Waals surface area contributed by atoms with Crippen molar-refractivity contribution in [3.63, 3.8) is 0 Å². The molecule has 7 N–H and O–H groups in total. The van der Waals surface area contributed by atoms with Crippen molar-refractivity contribution in [2.45, 2.75) is 171 Å². The third-order valence-electron chi connectivity index (χ3n) is 8.79. The number of carbonyl (C=O) groups excluding carboxylic acids is 8. The summed E-state index contributed by atoms with van der Waals surface area (Å²) >= 11 is 0. The summed E-state index contributed by atoms with van der Waals surface area (Å²) in [5.74, 6) is -5.75. The maximum absolute atomic E-state index is 13.9. The van der Waals surface area contributed by atoms with Crippen molar-refractivity contribution >= 4 is 47.3 Å². The van der Waals surface area contributed by atoms with E-state index >= 15 is 0 Å². The van der Waals surface area contributed by atoms with Gasteiger partial charge in [0.15, 0.2) is 0 Å². The largest absolute Gasteiger partial charge is 0.458 e. The molecule has 1 fully saturated rings. The summed E-state index contributed by atoms with van der Waals surface area (Å²) in [6, 6.07) is -8.20. The first-order valence-corrected chi connectivity index (χ1v) is 19.7. The quantitative estimate of drug-likeness (QED) is 0.151. The van der Waals surface area contributed by atoms with Gasteiger partial charge < -0.3 is 42.0 Å². The number of ether oxygens (including phenoxy) is 1. The average Bonchev–Trinajstić information content (AvgIpc) is 3.03. The van der Waals surface area contributed by atoms with Gasteiger partial charge in [0.1, 0.15) is 48.4 Å². The molecular formula is C39H69N7O9. The van der Waals surface area contributed by atoms with Crippen LogP contribution in [0.2, 0.25) is 0 Å². The van der Waals surface area contributed by atoms with Crippen molar-refractivity contribution < 1.29 is 43.1 Å².